The molecule has 0 radical (unpaired) electrons. The Kier molecular flexibility index (Phi) is 2.86. The number of nitrogens with zero attached hydrogens (tertiary/aromatic N) is 3. The molecule has 0 amide bonds. The summed E-state index contributed by atoms with van der Waals surface area (Å²) in [6, 6.07) is 5.71. The lowest BCUT2D eigenvalue weighted by atomic mass is 10.5. The maximum Gasteiger partial charge on any atom is 0.282 e. The predicted octanol–water partition coefficient (Wildman–Crippen LogP) is 1.97. The minimum Gasteiger partial charge on any atom is -0.416 e. The van der Waals surface area contributed by atoms with Gasteiger partial charge >= 0.3 is 0 Å². The van der Waals surface area contributed by atoms with Crippen LogP contribution in [0.1, 0.15) is 5.89 Å². The normalized spacial score (nSPS) is 10.3. The molecular weight excluding hydrogens is 212 g/mol. The summed E-state index contributed by atoms with van der Waals surface area (Å²) in [6.45, 7) is 1.76. The molecule has 6 heteroatoms. The first-order valence-electron chi connectivity index (χ1n) is 4.40. The van der Waals surface area contributed by atoms with Crippen molar-refractivity contribution in [2.45, 2.75) is 17.2 Å². The monoisotopic (exact) mass is 222 g/mol. The minimum atomic E-state index is 0.508. The van der Waals surface area contributed by atoms with Crippen molar-refractivity contribution in [3.8, 4) is 0 Å². The largest absolute Gasteiger partial charge is 0.416 e. The number of hydrogen-bond donors (Lipinski definition) is 1. The summed E-state index contributed by atoms with van der Waals surface area (Å²) in [7, 11) is 1.83. The fourth-order valence-corrected chi connectivity index (χ4v) is 1.73. The first kappa shape index (κ1) is 9.97. The van der Waals surface area contributed by atoms with Gasteiger partial charge in [0.1, 0.15) is 10.8 Å². The van der Waals surface area contributed by atoms with Crippen LogP contribution in [0, 0.1) is 6.92 Å². The lowest BCUT2D eigenvalue weighted by molar-refractivity contribution is 0.429. The Hall–Kier alpha value is -1.56. The summed E-state index contributed by atoms with van der Waals surface area (Å²) in [5.74, 6) is 1.37. The Balaban J connectivity index is 2.16. The van der Waals surface area contributed by atoms with Gasteiger partial charge in [0.2, 0.25) is 5.89 Å². The van der Waals surface area contributed by atoms with Crippen LogP contribution in [0.25, 0.3) is 0 Å². The molecule has 0 aromatic carbocycles. The molecule has 78 valence electrons. The summed E-state index contributed by atoms with van der Waals surface area (Å²) in [4.78, 5) is 4.32. The van der Waals surface area contributed by atoms with Crippen molar-refractivity contribution in [3.05, 3.63) is 24.1 Å². The molecule has 15 heavy (non-hydrogen) atoms. The van der Waals surface area contributed by atoms with Crippen LogP contribution in [0.2, 0.25) is 0 Å². The van der Waals surface area contributed by atoms with E-state index >= 15 is 0 Å². The summed E-state index contributed by atoms with van der Waals surface area (Å²) >= 11 is 1.35. The van der Waals surface area contributed by atoms with Crippen LogP contribution in [-0.2, 0) is 0 Å². The Bertz CT molecular complexity index is 457. The third-order valence-corrected chi connectivity index (χ3v) is 2.46. The smallest absolute Gasteiger partial charge is 0.282 e. The highest BCUT2D eigenvalue weighted by atomic mass is 32.2. The standard InChI is InChI=1S/C9H10N4OS/c1-6-12-13-9(14-6)15-8-5-3-4-7(10-2)11-8/h3-5H,1-2H3,(H,10,11). The van der Waals surface area contributed by atoms with Gasteiger partial charge in [-0.05, 0) is 23.9 Å². The van der Waals surface area contributed by atoms with Gasteiger partial charge in [0.25, 0.3) is 5.22 Å². The number of nitrogens with one attached hydrogen (secondary N) is 1. The predicted molar refractivity (Wildman–Crippen MR) is 56.9 cm³/mol. The second-order valence-corrected chi connectivity index (χ2v) is 3.77. The molecule has 0 spiro atoms. The average Bonchev–Trinajstić information content (AvgIpc) is 2.64. The topological polar surface area (TPSA) is 63.8 Å². The van der Waals surface area contributed by atoms with E-state index in [4.69, 9.17) is 4.42 Å². The van der Waals surface area contributed by atoms with E-state index < -0.39 is 0 Å². The minimum absolute atomic E-state index is 0.508. The van der Waals surface area contributed by atoms with Crippen molar-refractivity contribution in [2.75, 3.05) is 12.4 Å². The van der Waals surface area contributed by atoms with E-state index in [-0.39, 0.29) is 0 Å². The lowest BCUT2D eigenvalue weighted by Gasteiger charge is -2.00. The number of anilines is 1. The van der Waals surface area contributed by atoms with Crippen LogP contribution in [0.15, 0.2) is 32.9 Å². The molecule has 0 bridgehead atoms. The van der Waals surface area contributed by atoms with E-state index in [2.05, 4.69) is 20.5 Å². The second-order valence-electron chi connectivity index (χ2n) is 2.80. The van der Waals surface area contributed by atoms with Gasteiger partial charge in [-0.3, -0.25) is 0 Å². The SMILES string of the molecule is CNc1cccc(Sc2nnc(C)o2)n1. The highest BCUT2D eigenvalue weighted by Gasteiger charge is 2.05. The summed E-state index contributed by atoms with van der Waals surface area (Å²) < 4.78 is 5.24. The quantitative estimate of drug-likeness (QED) is 0.856. The summed E-state index contributed by atoms with van der Waals surface area (Å²) in [5, 5.41) is 11.9. The highest BCUT2D eigenvalue weighted by Crippen LogP contribution is 2.25. The molecule has 1 N–H and O–H groups in total. The van der Waals surface area contributed by atoms with Crippen molar-refractivity contribution < 1.29 is 4.42 Å². The molecule has 0 aliphatic rings. The molecule has 0 aliphatic carbocycles. The molecule has 2 aromatic heterocycles. The van der Waals surface area contributed by atoms with Crippen LogP contribution >= 0.6 is 11.8 Å². The van der Waals surface area contributed by atoms with E-state index in [9.17, 15) is 0 Å². The fraction of sp³-hybridized carbons (Fsp3) is 0.222. The van der Waals surface area contributed by atoms with E-state index in [1.54, 1.807) is 6.92 Å². The maximum absolute atomic E-state index is 5.24. The molecular formula is C9H10N4OS. The molecule has 5 nitrogen and oxygen atoms in total. The van der Waals surface area contributed by atoms with Crippen molar-refractivity contribution in [1.29, 1.82) is 0 Å². The number of aromatic nitrogens is 3. The van der Waals surface area contributed by atoms with E-state index in [0.717, 1.165) is 10.8 Å². The van der Waals surface area contributed by atoms with Crippen LogP contribution < -0.4 is 5.32 Å². The molecule has 0 atom stereocenters. The van der Waals surface area contributed by atoms with E-state index in [0.29, 0.717) is 11.1 Å². The van der Waals surface area contributed by atoms with E-state index in [1.807, 2.05) is 25.2 Å². The third-order valence-electron chi connectivity index (χ3n) is 1.68. The number of aryl methyl sites for hydroxylation is 1. The Labute approximate surface area is 91.3 Å². The van der Waals surface area contributed by atoms with Gasteiger partial charge in [0.05, 0.1) is 0 Å². The Morgan fingerprint density at radius 3 is 2.87 bits per heavy atom. The van der Waals surface area contributed by atoms with Crippen molar-refractivity contribution in [3.63, 3.8) is 0 Å². The first-order valence-corrected chi connectivity index (χ1v) is 5.22. The van der Waals surface area contributed by atoms with Crippen LogP contribution in [0.5, 0.6) is 0 Å². The van der Waals surface area contributed by atoms with Crippen molar-refractivity contribution in [1.82, 2.24) is 15.2 Å². The molecule has 2 aromatic rings. The van der Waals surface area contributed by atoms with Crippen molar-refractivity contribution >= 4 is 17.6 Å². The van der Waals surface area contributed by atoms with Crippen LogP contribution in [-0.4, -0.2) is 22.2 Å². The van der Waals surface area contributed by atoms with Gasteiger partial charge in [-0.25, -0.2) is 4.98 Å². The molecule has 0 saturated heterocycles. The zero-order valence-corrected chi connectivity index (χ0v) is 9.21. The molecule has 2 heterocycles. The van der Waals surface area contributed by atoms with E-state index in [1.165, 1.54) is 11.8 Å². The number of hydrogen-bond acceptors (Lipinski definition) is 6. The van der Waals surface area contributed by atoms with Gasteiger partial charge < -0.3 is 9.73 Å². The zero-order valence-electron chi connectivity index (χ0n) is 8.39. The number of pyridine rings is 1. The lowest BCUT2D eigenvalue weighted by Crippen LogP contribution is -1.91. The summed E-state index contributed by atoms with van der Waals surface area (Å²) in [6.07, 6.45) is 0. The second kappa shape index (κ2) is 4.31. The van der Waals surface area contributed by atoms with Crippen LogP contribution in [0.4, 0.5) is 5.82 Å². The zero-order chi connectivity index (χ0) is 10.7. The van der Waals surface area contributed by atoms with Crippen molar-refractivity contribution in [2.24, 2.45) is 0 Å². The van der Waals surface area contributed by atoms with Gasteiger partial charge in [-0.1, -0.05) is 6.07 Å². The van der Waals surface area contributed by atoms with Gasteiger partial charge in [-0.2, -0.15) is 0 Å². The number of rotatable bonds is 3. The molecule has 0 aliphatic heterocycles. The summed E-state index contributed by atoms with van der Waals surface area (Å²) in [5.41, 5.74) is 0. The highest BCUT2D eigenvalue weighted by molar-refractivity contribution is 7.99. The molecule has 0 saturated carbocycles. The Morgan fingerprint density at radius 1 is 1.33 bits per heavy atom. The molecule has 0 fully saturated rings. The van der Waals surface area contributed by atoms with Gasteiger partial charge in [-0.15, -0.1) is 10.2 Å². The molecule has 0 unspecified atom stereocenters. The third kappa shape index (κ3) is 2.47. The average molecular weight is 222 g/mol. The maximum atomic E-state index is 5.24. The first-order chi connectivity index (χ1) is 7.28. The Morgan fingerprint density at radius 2 is 2.20 bits per heavy atom. The van der Waals surface area contributed by atoms with Gasteiger partial charge in [0, 0.05) is 14.0 Å². The fourth-order valence-electron chi connectivity index (χ4n) is 1.02. The van der Waals surface area contributed by atoms with Gasteiger partial charge in [0.15, 0.2) is 0 Å². The van der Waals surface area contributed by atoms with Crippen LogP contribution in [0.3, 0.4) is 0 Å². The molecule has 2 rings (SSSR count).